The highest BCUT2D eigenvalue weighted by Gasteiger charge is 2.22. The van der Waals surface area contributed by atoms with Gasteiger partial charge in [-0.05, 0) is 36.3 Å². The first kappa shape index (κ1) is 26.3. The number of aromatic nitrogens is 2. The maximum atomic E-state index is 13.5. The molecule has 0 amide bonds. The number of methoxy groups -OCH3 is 2. The summed E-state index contributed by atoms with van der Waals surface area (Å²) >= 11 is 13.2. The second kappa shape index (κ2) is 10.7. The number of ketones is 1. The largest absolute Gasteiger partial charge is 0.495 e. The molecule has 0 spiro atoms. The summed E-state index contributed by atoms with van der Waals surface area (Å²) in [6.45, 7) is 5.49. The van der Waals surface area contributed by atoms with Crippen molar-refractivity contribution in [3.8, 4) is 22.8 Å². The minimum absolute atomic E-state index is 0.0898. The number of allylic oxidation sites excluding steroid dienone is 1. The van der Waals surface area contributed by atoms with Gasteiger partial charge in [0.25, 0.3) is 5.56 Å². The van der Waals surface area contributed by atoms with Crippen molar-refractivity contribution in [3.63, 3.8) is 0 Å². The van der Waals surface area contributed by atoms with Crippen molar-refractivity contribution < 1.29 is 14.3 Å². The summed E-state index contributed by atoms with van der Waals surface area (Å²) in [6.07, 6.45) is 3.12. The standard InChI is InChI=1S/C28H25Cl2N3O4/c1-6-18(34)10-16-9-7-8-15(2)27(16)32-23-12-19-17(14-31-23)11-20(33(3)28(19)35)24-25(29)21(36-4)13-22(37-5)26(24)30/h6-9,11-14H,1,10H2,2-5H3,(H,31,32). The van der Waals surface area contributed by atoms with E-state index in [1.54, 1.807) is 31.4 Å². The number of anilines is 2. The zero-order valence-electron chi connectivity index (χ0n) is 20.8. The lowest BCUT2D eigenvalue weighted by Gasteiger charge is -2.18. The van der Waals surface area contributed by atoms with E-state index in [2.05, 4.69) is 16.9 Å². The van der Waals surface area contributed by atoms with Crippen LogP contribution >= 0.6 is 23.2 Å². The number of aryl methyl sites for hydroxylation is 1. The van der Waals surface area contributed by atoms with Crippen molar-refractivity contribution in [1.82, 2.24) is 9.55 Å². The Bertz CT molecular complexity index is 1580. The predicted octanol–water partition coefficient (Wildman–Crippen LogP) is 6.27. The number of halogens is 2. The lowest BCUT2D eigenvalue weighted by Crippen LogP contribution is -2.19. The number of carbonyl (C=O) groups excluding carboxylic acids is 1. The van der Waals surface area contributed by atoms with E-state index in [4.69, 9.17) is 32.7 Å². The molecule has 0 saturated heterocycles. The van der Waals surface area contributed by atoms with Crippen LogP contribution in [0.3, 0.4) is 0 Å². The molecule has 0 atom stereocenters. The summed E-state index contributed by atoms with van der Waals surface area (Å²) in [5.41, 5.74) is 3.15. The number of hydrogen-bond donors (Lipinski definition) is 1. The SMILES string of the molecule is C=CC(=O)Cc1cccc(C)c1Nc1cc2c(=O)n(C)c(-c3c(Cl)c(OC)cc(OC)c3Cl)cc2cn1. The predicted molar refractivity (Wildman–Crippen MR) is 149 cm³/mol. The van der Waals surface area contributed by atoms with Gasteiger partial charge in [-0.3, -0.25) is 9.59 Å². The number of carbonyl (C=O) groups is 1. The van der Waals surface area contributed by atoms with Gasteiger partial charge in [-0.2, -0.15) is 0 Å². The number of benzene rings is 2. The summed E-state index contributed by atoms with van der Waals surface area (Å²) in [7, 11) is 4.62. The molecule has 2 heterocycles. The minimum atomic E-state index is -0.265. The Hall–Kier alpha value is -3.81. The first-order chi connectivity index (χ1) is 17.7. The Labute approximate surface area is 224 Å². The average molecular weight is 538 g/mol. The summed E-state index contributed by atoms with van der Waals surface area (Å²) in [5, 5.41) is 4.85. The van der Waals surface area contributed by atoms with Crippen LogP contribution in [0.15, 0.2) is 60.0 Å². The van der Waals surface area contributed by atoms with Gasteiger partial charge in [-0.15, -0.1) is 0 Å². The number of fused-ring (bicyclic) bond motifs is 1. The Kier molecular flexibility index (Phi) is 7.57. The molecule has 7 nitrogen and oxygen atoms in total. The van der Waals surface area contributed by atoms with Crippen LogP contribution in [-0.2, 0) is 18.3 Å². The van der Waals surface area contributed by atoms with E-state index in [0.29, 0.717) is 39.3 Å². The number of hydrogen-bond acceptors (Lipinski definition) is 6. The number of nitrogens with zero attached hydrogens (tertiary/aromatic N) is 2. The minimum Gasteiger partial charge on any atom is -0.495 e. The van der Waals surface area contributed by atoms with E-state index in [9.17, 15) is 9.59 Å². The van der Waals surface area contributed by atoms with Gasteiger partial charge >= 0.3 is 0 Å². The average Bonchev–Trinajstić information content (AvgIpc) is 2.89. The Morgan fingerprint density at radius 3 is 2.43 bits per heavy atom. The molecule has 2 aromatic heterocycles. The fraction of sp³-hybridized carbons (Fsp3) is 0.179. The quantitative estimate of drug-likeness (QED) is 0.266. The van der Waals surface area contributed by atoms with E-state index in [0.717, 1.165) is 16.8 Å². The van der Waals surface area contributed by atoms with Crippen LogP contribution in [0.4, 0.5) is 11.5 Å². The van der Waals surface area contributed by atoms with Gasteiger partial charge < -0.3 is 19.4 Å². The summed E-state index contributed by atoms with van der Waals surface area (Å²) in [5.74, 6) is 1.12. The zero-order valence-corrected chi connectivity index (χ0v) is 22.3. The van der Waals surface area contributed by atoms with Gasteiger partial charge in [0.1, 0.15) is 17.3 Å². The van der Waals surface area contributed by atoms with Crippen LogP contribution in [0.2, 0.25) is 10.0 Å². The number of nitrogens with one attached hydrogen (secondary N) is 1. The van der Waals surface area contributed by atoms with Crippen molar-refractivity contribution >= 4 is 51.3 Å². The molecule has 2 aromatic carbocycles. The molecule has 0 saturated carbocycles. The highest BCUT2D eigenvalue weighted by atomic mass is 35.5. The van der Waals surface area contributed by atoms with E-state index in [1.807, 2.05) is 25.1 Å². The first-order valence-corrected chi connectivity index (χ1v) is 12.1. The van der Waals surface area contributed by atoms with Crippen molar-refractivity contribution in [2.45, 2.75) is 13.3 Å². The molecule has 0 fully saturated rings. The summed E-state index contributed by atoms with van der Waals surface area (Å²) in [4.78, 5) is 30.0. The maximum Gasteiger partial charge on any atom is 0.258 e. The lowest BCUT2D eigenvalue weighted by molar-refractivity contribution is -0.114. The van der Waals surface area contributed by atoms with Crippen molar-refractivity contribution in [1.29, 1.82) is 0 Å². The van der Waals surface area contributed by atoms with Gasteiger partial charge in [0, 0.05) is 42.4 Å². The van der Waals surface area contributed by atoms with E-state index < -0.39 is 0 Å². The molecule has 0 radical (unpaired) electrons. The lowest BCUT2D eigenvalue weighted by atomic mass is 10.0. The van der Waals surface area contributed by atoms with Gasteiger partial charge in [0.15, 0.2) is 5.78 Å². The number of para-hydroxylation sites is 1. The van der Waals surface area contributed by atoms with Crippen molar-refractivity contribution in [2.24, 2.45) is 7.05 Å². The fourth-order valence-electron chi connectivity index (χ4n) is 4.16. The normalized spacial score (nSPS) is 10.9. The van der Waals surface area contributed by atoms with Crippen LogP contribution in [0, 0.1) is 6.92 Å². The highest BCUT2D eigenvalue weighted by molar-refractivity contribution is 6.41. The van der Waals surface area contributed by atoms with Gasteiger partial charge in [-0.25, -0.2) is 4.98 Å². The number of pyridine rings is 2. The van der Waals surface area contributed by atoms with Gasteiger partial charge in [-0.1, -0.05) is 48.0 Å². The topological polar surface area (TPSA) is 82.5 Å². The monoisotopic (exact) mass is 537 g/mol. The molecule has 1 N–H and O–H groups in total. The Morgan fingerprint density at radius 2 is 1.81 bits per heavy atom. The third kappa shape index (κ3) is 4.92. The molecule has 0 aliphatic heterocycles. The highest BCUT2D eigenvalue weighted by Crippen LogP contribution is 2.46. The molecule has 190 valence electrons. The first-order valence-electron chi connectivity index (χ1n) is 11.3. The van der Waals surface area contributed by atoms with Crippen molar-refractivity contribution in [2.75, 3.05) is 19.5 Å². The smallest absolute Gasteiger partial charge is 0.258 e. The van der Waals surface area contributed by atoms with Crippen LogP contribution in [0.5, 0.6) is 11.5 Å². The molecule has 0 aliphatic rings. The Balaban J connectivity index is 1.84. The van der Waals surface area contributed by atoms with Crippen molar-refractivity contribution in [3.05, 3.63) is 86.8 Å². The van der Waals surface area contributed by atoms with Gasteiger partial charge in [0.05, 0.1) is 35.3 Å². The molecule has 0 bridgehead atoms. The molecular formula is C28H25Cl2N3O4. The van der Waals surface area contributed by atoms with Crippen LogP contribution in [0.25, 0.3) is 22.0 Å². The molecule has 9 heteroatoms. The van der Waals surface area contributed by atoms with Crippen LogP contribution in [-0.4, -0.2) is 29.6 Å². The number of ether oxygens (including phenoxy) is 2. The maximum absolute atomic E-state index is 13.5. The van der Waals surface area contributed by atoms with Gasteiger partial charge in [0.2, 0.25) is 0 Å². The zero-order chi connectivity index (χ0) is 26.9. The van der Waals surface area contributed by atoms with Crippen LogP contribution in [0.1, 0.15) is 11.1 Å². The Morgan fingerprint density at radius 1 is 1.14 bits per heavy atom. The van der Waals surface area contributed by atoms with E-state index in [1.165, 1.54) is 24.9 Å². The molecule has 37 heavy (non-hydrogen) atoms. The third-order valence-corrected chi connectivity index (χ3v) is 6.91. The second-order valence-corrected chi connectivity index (χ2v) is 9.17. The molecular weight excluding hydrogens is 513 g/mol. The van der Waals surface area contributed by atoms with E-state index in [-0.39, 0.29) is 27.8 Å². The molecule has 4 rings (SSSR count). The molecule has 0 unspecified atom stereocenters. The second-order valence-electron chi connectivity index (χ2n) is 8.42. The summed E-state index contributed by atoms with van der Waals surface area (Å²) in [6, 6.07) is 10.8. The summed E-state index contributed by atoms with van der Waals surface area (Å²) < 4.78 is 12.2. The van der Waals surface area contributed by atoms with E-state index >= 15 is 0 Å². The third-order valence-electron chi connectivity index (χ3n) is 6.16. The fourth-order valence-corrected chi connectivity index (χ4v) is 4.86. The number of rotatable bonds is 8. The molecule has 4 aromatic rings. The van der Waals surface area contributed by atoms with Crippen LogP contribution < -0.4 is 20.3 Å². The molecule has 0 aliphatic carbocycles.